The molecule has 0 aromatic rings. The monoisotopic (exact) mass is 222 g/mol. The summed E-state index contributed by atoms with van der Waals surface area (Å²) in [6, 6.07) is 0. The van der Waals surface area contributed by atoms with Crippen LogP contribution in [0.2, 0.25) is 0 Å². The van der Waals surface area contributed by atoms with Gasteiger partial charge in [-0.1, -0.05) is 12.2 Å². The van der Waals surface area contributed by atoms with E-state index in [4.69, 9.17) is 0 Å². The van der Waals surface area contributed by atoms with E-state index in [0.29, 0.717) is 0 Å². The third-order valence-electron chi connectivity index (χ3n) is 4.18. The number of rotatable bonds is 2. The van der Waals surface area contributed by atoms with Crippen LogP contribution in [0.5, 0.6) is 0 Å². The minimum Gasteiger partial charge on any atom is -0.306 e. The number of allylic oxidation sites excluding steroid dienone is 2. The fourth-order valence-corrected chi connectivity index (χ4v) is 2.76. The normalized spacial score (nSPS) is 27.9. The van der Waals surface area contributed by atoms with E-state index in [1.807, 2.05) is 0 Å². The van der Waals surface area contributed by atoms with Crippen molar-refractivity contribution in [1.82, 2.24) is 9.80 Å². The van der Waals surface area contributed by atoms with Gasteiger partial charge in [0.15, 0.2) is 0 Å². The standard InChI is InChI=1S/C14H26N2/c1-15-9-5-13(6-10-15)3-4-14-7-11-16(2)12-8-14/h3-4,13-14H,5-12H2,1-2H3. The van der Waals surface area contributed by atoms with E-state index < -0.39 is 0 Å². The molecule has 0 aromatic heterocycles. The number of hydrogen-bond acceptors (Lipinski definition) is 2. The molecule has 0 atom stereocenters. The van der Waals surface area contributed by atoms with E-state index in [-0.39, 0.29) is 0 Å². The number of piperidine rings is 2. The van der Waals surface area contributed by atoms with E-state index in [9.17, 15) is 0 Å². The van der Waals surface area contributed by atoms with Crippen LogP contribution in [0.3, 0.4) is 0 Å². The molecule has 2 rings (SSSR count). The lowest BCUT2D eigenvalue weighted by molar-refractivity contribution is 0.236. The molecule has 0 spiro atoms. The van der Waals surface area contributed by atoms with Crippen molar-refractivity contribution < 1.29 is 0 Å². The second kappa shape index (κ2) is 5.83. The Balaban J connectivity index is 1.72. The molecule has 0 aromatic carbocycles. The van der Waals surface area contributed by atoms with Gasteiger partial charge in [0.2, 0.25) is 0 Å². The molecule has 0 N–H and O–H groups in total. The van der Waals surface area contributed by atoms with Gasteiger partial charge in [-0.25, -0.2) is 0 Å². The van der Waals surface area contributed by atoms with Gasteiger partial charge in [-0.2, -0.15) is 0 Å². The highest BCUT2D eigenvalue weighted by Crippen LogP contribution is 2.21. The minimum absolute atomic E-state index is 0.857. The van der Waals surface area contributed by atoms with Crippen LogP contribution >= 0.6 is 0 Å². The lowest BCUT2D eigenvalue weighted by atomic mass is 9.91. The first-order valence-electron chi connectivity index (χ1n) is 6.79. The zero-order valence-electron chi connectivity index (χ0n) is 10.9. The Bertz CT molecular complexity index is 197. The Morgan fingerprint density at radius 2 is 1.00 bits per heavy atom. The van der Waals surface area contributed by atoms with E-state index in [0.717, 1.165) is 11.8 Å². The number of nitrogens with zero attached hydrogens (tertiary/aromatic N) is 2. The second-order valence-electron chi connectivity index (χ2n) is 5.67. The molecule has 0 unspecified atom stereocenters. The van der Waals surface area contributed by atoms with Crippen LogP contribution in [-0.2, 0) is 0 Å². The summed E-state index contributed by atoms with van der Waals surface area (Å²) in [5, 5.41) is 0. The number of hydrogen-bond donors (Lipinski definition) is 0. The van der Waals surface area contributed by atoms with Gasteiger partial charge in [-0.05, 0) is 77.8 Å². The van der Waals surface area contributed by atoms with Crippen LogP contribution in [0, 0.1) is 11.8 Å². The van der Waals surface area contributed by atoms with Crippen LogP contribution in [0.25, 0.3) is 0 Å². The van der Waals surface area contributed by atoms with E-state index in [1.54, 1.807) is 0 Å². The van der Waals surface area contributed by atoms with Gasteiger partial charge in [0, 0.05) is 0 Å². The van der Waals surface area contributed by atoms with Crippen LogP contribution in [0.1, 0.15) is 25.7 Å². The van der Waals surface area contributed by atoms with Gasteiger partial charge in [0.1, 0.15) is 0 Å². The second-order valence-corrected chi connectivity index (χ2v) is 5.67. The van der Waals surface area contributed by atoms with Crippen molar-refractivity contribution >= 4 is 0 Å². The largest absolute Gasteiger partial charge is 0.306 e. The predicted molar refractivity (Wildman–Crippen MR) is 69.6 cm³/mol. The third kappa shape index (κ3) is 3.60. The topological polar surface area (TPSA) is 6.48 Å². The molecule has 0 bridgehead atoms. The molecule has 0 saturated carbocycles. The highest BCUT2D eigenvalue weighted by Gasteiger charge is 2.16. The molecule has 2 nitrogen and oxygen atoms in total. The molecule has 0 aliphatic carbocycles. The Labute approximate surface area is 100 Å². The molecule has 2 saturated heterocycles. The molecule has 2 heteroatoms. The van der Waals surface area contributed by atoms with Crippen LogP contribution < -0.4 is 0 Å². The summed E-state index contributed by atoms with van der Waals surface area (Å²) in [5.74, 6) is 1.71. The number of likely N-dealkylation sites (tertiary alicyclic amines) is 2. The van der Waals surface area contributed by atoms with Crippen LogP contribution in [0.15, 0.2) is 12.2 Å². The highest BCUT2D eigenvalue weighted by molar-refractivity contribution is 4.96. The van der Waals surface area contributed by atoms with E-state index in [2.05, 4.69) is 36.0 Å². The highest BCUT2D eigenvalue weighted by atomic mass is 15.1. The van der Waals surface area contributed by atoms with Crippen molar-refractivity contribution in [1.29, 1.82) is 0 Å². The maximum Gasteiger partial charge on any atom is -0.00162 e. The van der Waals surface area contributed by atoms with E-state index >= 15 is 0 Å². The maximum absolute atomic E-state index is 2.52. The Kier molecular flexibility index (Phi) is 4.42. The van der Waals surface area contributed by atoms with Crippen LogP contribution in [0.4, 0.5) is 0 Å². The van der Waals surface area contributed by atoms with E-state index in [1.165, 1.54) is 51.9 Å². The summed E-state index contributed by atoms with van der Waals surface area (Å²) >= 11 is 0. The summed E-state index contributed by atoms with van der Waals surface area (Å²) in [4.78, 5) is 4.89. The predicted octanol–water partition coefficient (Wildman–Crippen LogP) is 2.23. The quantitative estimate of drug-likeness (QED) is 0.661. The molecule has 2 heterocycles. The molecule has 2 aliphatic heterocycles. The first kappa shape index (κ1) is 12.1. The lowest BCUT2D eigenvalue weighted by Gasteiger charge is -2.29. The van der Waals surface area contributed by atoms with Crippen molar-refractivity contribution in [3.8, 4) is 0 Å². The van der Waals surface area contributed by atoms with Crippen molar-refractivity contribution in [2.45, 2.75) is 25.7 Å². The molecular formula is C14H26N2. The molecule has 0 amide bonds. The fraction of sp³-hybridized carbons (Fsp3) is 0.857. The average Bonchev–Trinajstić information content (AvgIpc) is 2.30. The van der Waals surface area contributed by atoms with Gasteiger partial charge < -0.3 is 9.80 Å². The van der Waals surface area contributed by atoms with Gasteiger partial charge in [0.05, 0.1) is 0 Å². The van der Waals surface area contributed by atoms with Gasteiger partial charge >= 0.3 is 0 Å². The molecule has 16 heavy (non-hydrogen) atoms. The molecule has 92 valence electrons. The Morgan fingerprint density at radius 1 is 0.688 bits per heavy atom. The van der Waals surface area contributed by atoms with Crippen molar-refractivity contribution in [3.63, 3.8) is 0 Å². The molecule has 2 aliphatic rings. The lowest BCUT2D eigenvalue weighted by Crippen LogP contribution is -2.30. The van der Waals surface area contributed by atoms with Gasteiger partial charge in [0.25, 0.3) is 0 Å². The first-order chi connectivity index (χ1) is 7.74. The minimum atomic E-state index is 0.857. The SMILES string of the molecule is CN1CCC(C=CC2CCN(C)CC2)CC1. The molecule has 0 radical (unpaired) electrons. The van der Waals surface area contributed by atoms with Crippen molar-refractivity contribution in [2.24, 2.45) is 11.8 Å². The summed E-state index contributed by atoms with van der Waals surface area (Å²) in [5.41, 5.74) is 0. The maximum atomic E-state index is 2.52. The molecule has 2 fully saturated rings. The summed E-state index contributed by atoms with van der Waals surface area (Å²) in [7, 11) is 4.47. The third-order valence-corrected chi connectivity index (χ3v) is 4.18. The fourth-order valence-electron chi connectivity index (χ4n) is 2.76. The summed E-state index contributed by atoms with van der Waals surface area (Å²) in [6.07, 6.45) is 10.5. The first-order valence-corrected chi connectivity index (χ1v) is 6.79. The zero-order chi connectivity index (χ0) is 11.4. The molecular weight excluding hydrogens is 196 g/mol. The van der Waals surface area contributed by atoms with Crippen molar-refractivity contribution in [3.05, 3.63) is 12.2 Å². The zero-order valence-corrected chi connectivity index (χ0v) is 10.9. The average molecular weight is 222 g/mol. The van der Waals surface area contributed by atoms with Crippen LogP contribution in [-0.4, -0.2) is 50.1 Å². The Hall–Kier alpha value is -0.340. The summed E-state index contributed by atoms with van der Waals surface area (Å²) < 4.78 is 0. The van der Waals surface area contributed by atoms with Gasteiger partial charge in [-0.15, -0.1) is 0 Å². The van der Waals surface area contributed by atoms with Crippen molar-refractivity contribution in [2.75, 3.05) is 40.3 Å². The summed E-state index contributed by atoms with van der Waals surface area (Å²) in [6.45, 7) is 5.12. The smallest absolute Gasteiger partial charge is 0.00162 e. The Morgan fingerprint density at radius 3 is 1.31 bits per heavy atom. The van der Waals surface area contributed by atoms with Gasteiger partial charge in [-0.3, -0.25) is 0 Å².